The van der Waals surface area contributed by atoms with Crippen molar-refractivity contribution < 1.29 is 18.4 Å². The normalized spacial score (nSPS) is 16.0. The van der Waals surface area contributed by atoms with E-state index >= 15 is 0 Å². The highest BCUT2D eigenvalue weighted by molar-refractivity contribution is 14.0. The maximum absolute atomic E-state index is 13.4. The number of nitrogens with one attached hydrogen (secondary N) is 2. The van der Waals surface area contributed by atoms with Crippen LogP contribution in [0, 0.1) is 11.6 Å². The molecule has 0 bridgehead atoms. The van der Waals surface area contributed by atoms with Gasteiger partial charge < -0.3 is 10.6 Å². The zero-order valence-electron chi connectivity index (χ0n) is 15.4. The molecule has 1 saturated heterocycles. The summed E-state index contributed by atoms with van der Waals surface area (Å²) in [7, 11) is 0. The van der Waals surface area contributed by atoms with Crippen LogP contribution in [-0.2, 0) is 9.59 Å². The Kier molecular flexibility index (Phi) is 9.61. The second kappa shape index (κ2) is 11.2. The number of piperidine rings is 1. The lowest BCUT2D eigenvalue weighted by molar-refractivity contribution is -0.147. The summed E-state index contributed by atoms with van der Waals surface area (Å²) in [6, 6.07) is 3.42. The largest absolute Gasteiger partial charge is 0.357 e. The molecule has 0 aromatic heterocycles. The molecule has 1 heterocycles. The molecule has 1 fully saturated rings. The molecule has 1 aliphatic rings. The average Bonchev–Trinajstić information content (AvgIpc) is 2.60. The van der Waals surface area contributed by atoms with E-state index < -0.39 is 11.6 Å². The number of hydrogen-bond donors (Lipinski definition) is 2. The van der Waals surface area contributed by atoms with Crippen molar-refractivity contribution in [3.05, 3.63) is 35.4 Å². The quantitative estimate of drug-likeness (QED) is 0.276. The molecule has 1 aliphatic heterocycles. The highest BCUT2D eigenvalue weighted by Crippen LogP contribution is 2.16. The summed E-state index contributed by atoms with van der Waals surface area (Å²) in [6.07, 6.45) is 1.38. The van der Waals surface area contributed by atoms with Crippen LogP contribution in [0.3, 0.4) is 0 Å². The van der Waals surface area contributed by atoms with E-state index in [4.69, 9.17) is 0 Å². The first-order valence-electron chi connectivity index (χ1n) is 8.75. The number of carbonyl (C=O) groups excluding carboxylic acids is 2. The molecule has 1 aromatic carbocycles. The van der Waals surface area contributed by atoms with Gasteiger partial charge in [0, 0.05) is 25.9 Å². The third kappa shape index (κ3) is 6.71. The summed E-state index contributed by atoms with van der Waals surface area (Å²) in [5.41, 5.74) is 0.580. The molecule has 2 N–H and O–H groups in total. The number of likely N-dealkylation sites (tertiary alicyclic amines) is 1. The number of halogens is 3. The van der Waals surface area contributed by atoms with Crippen LogP contribution in [0.2, 0.25) is 0 Å². The van der Waals surface area contributed by atoms with Gasteiger partial charge in [-0.25, -0.2) is 8.78 Å². The Morgan fingerprint density at radius 1 is 1.22 bits per heavy atom. The highest BCUT2D eigenvalue weighted by atomic mass is 127. The van der Waals surface area contributed by atoms with E-state index in [-0.39, 0.29) is 54.9 Å². The molecule has 1 atom stereocenters. The predicted octanol–water partition coefficient (Wildman–Crippen LogP) is 2.74. The van der Waals surface area contributed by atoms with Gasteiger partial charge in [-0.05, 0) is 38.0 Å². The van der Waals surface area contributed by atoms with Crippen molar-refractivity contribution in [1.82, 2.24) is 15.5 Å². The van der Waals surface area contributed by atoms with Crippen molar-refractivity contribution in [3.63, 3.8) is 0 Å². The van der Waals surface area contributed by atoms with E-state index in [1.165, 1.54) is 11.0 Å². The highest BCUT2D eigenvalue weighted by Gasteiger charge is 2.25. The molecule has 0 spiro atoms. The zero-order chi connectivity index (χ0) is 19.1. The summed E-state index contributed by atoms with van der Waals surface area (Å²) < 4.78 is 26.4. The molecule has 1 aromatic rings. The summed E-state index contributed by atoms with van der Waals surface area (Å²) in [6.45, 7) is 4.80. The molecule has 2 amide bonds. The zero-order valence-corrected chi connectivity index (χ0v) is 17.8. The van der Waals surface area contributed by atoms with Crippen molar-refractivity contribution >= 4 is 41.8 Å². The summed E-state index contributed by atoms with van der Waals surface area (Å²) in [5, 5.41) is 6.15. The van der Waals surface area contributed by atoms with Crippen LogP contribution in [0.15, 0.2) is 23.2 Å². The topological polar surface area (TPSA) is 73.8 Å². The Hall–Kier alpha value is -1.78. The lowest BCUT2D eigenvalue weighted by Gasteiger charge is -2.24. The van der Waals surface area contributed by atoms with Crippen LogP contribution in [0.1, 0.15) is 44.7 Å². The first-order chi connectivity index (χ1) is 12.4. The number of nitrogens with zero attached hydrogens (tertiary/aromatic N) is 2. The maximum atomic E-state index is 13.4. The average molecular weight is 494 g/mol. The lowest BCUT2D eigenvalue weighted by atomic mass is 10.1. The number of amides is 2. The van der Waals surface area contributed by atoms with Crippen molar-refractivity contribution in [2.45, 2.75) is 39.2 Å². The van der Waals surface area contributed by atoms with Gasteiger partial charge in [-0.1, -0.05) is 6.07 Å². The molecular weight excluding hydrogens is 469 g/mol. The Labute approximate surface area is 174 Å². The van der Waals surface area contributed by atoms with Crippen LogP contribution < -0.4 is 10.6 Å². The first kappa shape index (κ1) is 23.3. The minimum Gasteiger partial charge on any atom is -0.357 e. The number of benzene rings is 1. The van der Waals surface area contributed by atoms with E-state index in [9.17, 15) is 18.4 Å². The van der Waals surface area contributed by atoms with Gasteiger partial charge in [0.15, 0.2) is 17.6 Å². The first-order valence-corrected chi connectivity index (χ1v) is 8.75. The minimum absolute atomic E-state index is 0. The van der Waals surface area contributed by atoms with E-state index in [0.29, 0.717) is 37.3 Å². The number of rotatable bonds is 6. The van der Waals surface area contributed by atoms with E-state index in [0.717, 1.165) is 12.1 Å². The van der Waals surface area contributed by atoms with Crippen molar-refractivity contribution in [2.75, 3.05) is 19.6 Å². The van der Waals surface area contributed by atoms with Crippen LogP contribution in [0.5, 0.6) is 0 Å². The second-order valence-corrected chi connectivity index (χ2v) is 6.09. The predicted molar refractivity (Wildman–Crippen MR) is 110 cm³/mol. The van der Waals surface area contributed by atoms with Crippen LogP contribution in [-0.4, -0.2) is 42.3 Å². The molecule has 0 saturated carbocycles. The lowest BCUT2D eigenvalue weighted by Crippen LogP contribution is -2.42. The minimum atomic E-state index is -0.903. The van der Waals surface area contributed by atoms with E-state index in [1.54, 1.807) is 6.92 Å². The molecule has 0 radical (unpaired) electrons. The maximum Gasteiger partial charge on any atom is 0.229 e. The summed E-state index contributed by atoms with van der Waals surface area (Å²) in [4.78, 5) is 29.2. The Morgan fingerprint density at radius 3 is 2.48 bits per heavy atom. The SMILES string of the molecule is CCNC(=NCCN1C(=O)CCCC1=O)NC(C)c1ccc(F)c(F)c1.I. The monoisotopic (exact) mass is 494 g/mol. The number of imide groups is 1. The smallest absolute Gasteiger partial charge is 0.229 e. The molecule has 1 unspecified atom stereocenters. The number of aliphatic imine (C=N–C) groups is 1. The fourth-order valence-corrected chi connectivity index (χ4v) is 2.70. The third-order valence-electron chi connectivity index (χ3n) is 4.12. The molecule has 27 heavy (non-hydrogen) atoms. The molecular formula is C18H25F2IN4O2. The molecule has 9 heteroatoms. The second-order valence-electron chi connectivity index (χ2n) is 6.09. The third-order valence-corrected chi connectivity index (χ3v) is 4.12. The van der Waals surface area contributed by atoms with Gasteiger partial charge in [0.25, 0.3) is 0 Å². The van der Waals surface area contributed by atoms with Gasteiger partial charge in [-0.3, -0.25) is 19.5 Å². The van der Waals surface area contributed by atoms with Crippen molar-refractivity contribution in [3.8, 4) is 0 Å². The Morgan fingerprint density at radius 2 is 1.89 bits per heavy atom. The number of guanidine groups is 1. The Bertz CT molecular complexity index is 684. The van der Waals surface area contributed by atoms with Gasteiger partial charge in [-0.15, -0.1) is 24.0 Å². The summed E-state index contributed by atoms with van der Waals surface area (Å²) >= 11 is 0. The fraction of sp³-hybridized carbons (Fsp3) is 0.500. The van der Waals surface area contributed by atoms with Gasteiger partial charge in [-0.2, -0.15) is 0 Å². The molecule has 0 aliphatic carbocycles. The standard InChI is InChI=1S/C18H24F2N4O2.HI/c1-3-21-18(22-9-10-24-16(25)5-4-6-17(24)26)23-12(2)13-7-8-14(19)15(20)11-13;/h7-8,11-12H,3-6,9-10H2,1-2H3,(H2,21,22,23);1H. The van der Waals surface area contributed by atoms with Crippen molar-refractivity contribution in [1.29, 1.82) is 0 Å². The van der Waals surface area contributed by atoms with E-state index in [1.807, 2.05) is 6.92 Å². The van der Waals surface area contributed by atoms with Crippen molar-refractivity contribution in [2.24, 2.45) is 4.99 Å². The van der Waals surface area contributed by atoms with Gasteiger partial charge in [0.1, 0.15) is 0 Å². The molecule has 2 rings (SSSR count). The van der Waals surface area contributed by atoms with Gasteiger partial charge in [0.05, 0.1) is 12.6 Å². The number of carbonyl (C=O) groups is 2. The van der Waals surface area contributed by atoms with Crippen LogP contribution in [0.25, 0.3) is 0 Å². The van der Waals surface area contributed by atoms with Gasteiger partial charge in [0.2, 0.25) is 11.8 Å². The fourth-order valence-electron chi connectivity index (χ4n) is 2.70. The Balaban J connectivity index is 0.00000364. The van der Waals surface area contributed by atoms with Gasteiger partial charge >= 0.3 is 0 Å². The summed E-state index contributed by atoms with van der Waals surface area (Å²) in [5.74, 6) is -1.65. The van der Waals surface area contributed by atoms with E-state index in [2.05, 4.69) is 15.6 Å². The van der Waals surface area contributed by atoms with Crippen LogP contribution >= 0.6 is 24.0 Å². The van der Waals surface area contributed by atoms with Crippen LogP contribution in [0.4, 0.5) is 8.78 Å². The molecule has 6 nitrogen and oxygen atoms in total. The molecule has 150 valence electrons. The number of hydrogen-bond acceptors (Lipinski definition) is 3.